The largest absolute Gasteiger partial charge is 0.366 e. The maximum Gasteiger partial charge on any atom is 0.126 e. The number of rotatable bonds is 5. The molecule has 0 radical (unpaired) electrons. The molecule has 1 atom stereocenters. The van der Waals surface area contributed by atoms with Crippen LogP contribution in [-0.4, -0.2) is 11.1 Å². The number of nitrogens with one attached hydrogen (secondary N) is 3. The number of anilines is 1. The second kappa shape index (κ2) is 7.57. The minimum Gasteiger partial charge on any atom is -0.366 e. The average molecular weight is 361 g/mol. The van der Waals surface area contributed by atoms with Crippen molar-refractivity contribution < 1.29 is 4.39 Å². The van der Waals surface area contributed by atoms with Crippen LogP contribution in [0.4, 0.5) is 10.2 Å². The van der Waals surface area contributed by atoms with E-state index >= 15 is 0 Å². The van der Waals surface area contributed by atoms with E-state index in [9.17, 15) is 4.39 Å². The number of hydrazine groups is 1. The predicted octanol–water partition coefficient (Wildman–Crippen LogP) is 3.09. The normalized spacial score (nSPS) is 16.3. The molecule has 136 valence electrons. The Morgan fingerprint density at radius 1 is 1.00 bits per heavy atom. The predicted molar refractivity (Wildman–Crippen MR) is 105 cm³/mol. The van der Waals surface area contributed by atoms with Gasteiger partial charge in [-0.2, -0.15) is 0 Å². The molecule has 6 heteroatoms. The molecule has 5 nitrogen and oxygen atoms in total. The third kappa shape index (κ3) is 3.81. The zero-order valence-electron chi connectivity index (χ0n) is 14.6. The van der Waals surface area contributed by atoms with E-state index in [0.717, 1.165) is 28.2 Å². The number of hydrogen-bond acceptors (Lipinski definition) is 5. The van der Waals surface area contributed by atoms with Gasteiger partial charge in [-0.3, -0.25) is 0 Å². The van der Waals surface area contributed by atoms with E-state index in [1.807, 2.05) is 30.3 Å². The highest BCUT2D eigenvalue weighted by molar-refractivity contribution is 5.94. The van der Waals surface area contributed by atoms with Gasteiger partial charge in [-0.1, -0.05) is 30.3 Å². The molecule has 3 aromatic rings. The maximum atomic E-state index is 13.3. The molecule has 1 unspecified atom stereocenters. The molecule has 0 saturated carbocycles. The first-order chi connectivity index (χ1) is 13.2. The second-order valence-corrected chi connectivity index (χ2v) is 6.31. The fourth-order valence-electron chi connectivity index (χ4n) is 3.10. The van der Waals surface area contributed by atoms with Crippen LogP contribution < -0.4 is 21.9 Å². The highest BCUT2D eigenvalue weighted by atomic mass is 19.1. The number of benzene rings is 2. The zero-order valence-corrected chi connectivity index (χ0v) is 14.6. The van der Waals surface area contributed by atoms with Crippen LogP contribution in [0.25, 0.3) is 11.3 Å². The number of halogens is 1. The van der Waals surface area contributed by atoms with E-state index in [1.54, 1.807) is 18.3 Å². The van der Waals surface area contributed by atoms with Crippen molar-refractivity contribution in [3.05, 3.63) is 95.4 Å². The van der Waals surface area contributed by atoms with Crippen LogP contribution in [0.5, 0.6) is 0 Å². The Morgan fingerprint density at radius 3 is 2.56 bits per heavy atom. The van der Waals surface area contributed by atoms with Crippen LogP contribution in [0.15, 0.2) is 72.9 Å². The van der Waals surface area contributed by atoms with Crippen LogP contribution in [-0.2, 0) is 6.54 Å². The highest BCUT2D eigenvalue weighted by Gasteiger charge is 2.24. The molecular formula is C21H20FN5. The molecule has 1 aliphatic rings. The summed E-state index contributed by atoms with van der Waals surface area (Å²) < 4.78 is 13.3. The summed E-state index contributed by atoms with van der Waals surface area (Å²) >= 11 is 0. The fourth-order valence-corrected chi connectivity index (χ4v) is 3.10. The van der Waals surface area contributed by atoms with Gasteiger partial charge >= 0.3 is 0 Å². The van der Waals surface area contributed by atoms with Gasteiger partial charge in [0.15, 0.2) is 0 Å². The van der Waals surface area contributed by atoms with Crippen molar-refractivity contribution in [3.63, 3.8) is 0 Å². The monoisotopic (exact) mass is 361 g/mol. The van der Waals surface area contributed by atoms with Crippen LogP contribution in [0.1, 0.15) is 16.7 Å². The molecule has 5 N–H and O–H groups in total. The Bertz CT molecular complexity index is 954. The summed E-state index contributed by atoms with van der Waals surface area (Å²) in [6.45, 7) is 0.684. The van der Waals surface area contributed by atoms with E-state index in [0.29, 0.717) is 6.54 Å². The number of hydrogen-bond donors (Lipinski definition) is 4. The Labute approximate surface area is 157 Å². The summed E-state index contributed by atoms with van der Waals surface area (Å²) in [7, 11) is 0. The fraction of sp³-hybridized carbons (Fsp3) is 0.0952. The Balaban J connectivity index is 1.62. The van der Waals surface area contributed by atoms with Gasteiger partial charge in [0.1, 0.15) is 17.8 Å². The first-order valence-electron chi connectivity index (χ1n) is 8.72. The number of nitrogens with two attached hydrogens (primary N) is 1. The van der Waals surface area contributed by atoms with E-state index in [4.69, 9.17) is 5.73 Å². The lowest BCUT2D eigenvalue weighted by Gasteiger charge is -2.12. The van der Waals surface area contributed by atoms with E-state index in [1.165, 1.54) is 17.7 Å². The van der Waals surface area contributed by atoms with Gasteiger partial charge in [-0.05, 0) is 53.1 Å². The van der Waals surface area contributed by atoms with Gasteiger partial charge < -0.3 is 16.5 Å². The molecular weight excluding hydrogens is 341 g/mol. The number of aromatic nitrogens is 1. The lowest BCUT2D eigenvalue weighted by molar-refractivity contribution is 0.614. The van der Waals surface area contributed by atoms with Crippen molar-refractivity contribution in [2.45, 2.75) is 12.7 Å². The first kappa shape index (κ1) is 17.2. The van der Waals surface area contributed by atoms with Crippen LogP contribution in [0.3, 0.4) is 0 Å². The quantitative estimate of drug-likeness (QED) is 0.562. The minimum atomic E-state index is -0.380. The molecule has 27 heavy (non-hydrogen) atoms. The highest BCUT2D eigenvalue weighted by Crippen LogP contribution is 2.30. The summed E-state index contributed by atoms with van der Waals surface area (Å²) in [5.41, 5.74) is 17.1. The Morgan fingerprint density at radius 2 is 1.78 bits per heavy atom. The first-order valence-corrected chi connectivity index (χ1v) is 8.72. The molecule has 4 rings (SSSR count). The SMILES string of the molecule is NC1NNC(c2ccc(F)cc2)=C1c1ccnc(NCc2ccccc2)c1. The molecule has 2 heterocycles. The van der Waals surface area contributed by atoms with Crippen LogP contribution in [0, 0.1) is 5.82 Å². The Kier molecular flexibility index (Phi) is 4.82. The van der Waals surface area contributed by atoms with Gasteiger partial charge in [0.05, 0.1) is 5.70 Å². The van der Waals surface area contributed by atoms with Crippen LogP contribution >= 0.6 is 0 Å². The van der Waals surface area contributed by atoms with Gasteiger partial charge in [0.25, 0.3) is 0 Å². The maximum absolute atomic E-state index is 13.3. The number of pyridine rings is 1. The van der Waals surface area contributed by atoms with Crippen LogP contribution in [0.2, 0.25) is 0 Å². The molecule has 0 amide bonds. The van der Waals surface area contributed by atoms with Crippen molar-refractivity contribution >= 4 is 17.1 Å². The van der Waals surface area contributed by atoms with Crippen molar-refractivity contribution in [2.75, 3.05) is 5.32 Å². The molecule has 1 aromatic heterocycles. The summed E-state index contributed by atoms with van der Waals surface area (Å²) in [6.07, 6.45) is 1.37. The molecule has 0 fully saturated rings. The van der Waals surface area contributed by atoms with Crippen molar-refractivity contribution in [2.24, 2.45) is 5.73 Å². The summed E-state index contributed by atoms with van der Waals surface area (Å²) in [4.78, 5) is 4.40. The zero-order chi connectivity index (χ0) is 18.6. The molecule has 0 bridgehead atoms. The smallest absolute Gasteiger partial charge is 0.126 e. The standard InChI is InChI=1S/C21H20FN5/c22-17-8-6-15(7-9-17)20-19(21(23)27-26-20)16-10-11-24-18(12-16)25-13-14-4-2-1-3-5-14/h1-12,21,26-27H,13,23H2,(H,24,25). The van der Waals surface area contributed by atoms with Gasteiger partial charge in [0.2, 0.25) is 0 Å². The van der Waals surface area contributed by atoms with Gasteiger partial charge in [0, 0.05) is 18.3 Å². The molecule has 0 aliphatic carbocycles. The Hall–Kier alpha value is -3.22. The lowest BCUT2D eigenvalue weighted by Crippen LogP contribution is -2.38. The summed E-state index contributed by atoms with van der Waals surface area (Å²) in [5.74, 6) is 0.494. The second-order valence-electron chi connectivity index (χ2n) is 6.31. The molecule has 0 saturated heterocycles. The van der Waals surface area contributed by atoms with Gasteiger partial charge in [-0.15, -0.1) is 0 Å². The molecule has 1 aliphatic heterocycles. The average Bonchev–Trinajstić information content (AvgIpc) is 3.09. The summed E-state index contributed by atoms with van der Waals surface area (Å²) in [5, 5.41) is 3.34. The van der Waals surface area contributed by atoms with Crippen molar-refractivity contribution in [1.82, 2.24) is 15.8 Å². The van der Waals surface area contributed by atoms with E-state index < -0.39 is 0 Å². The molecule has 0 spiro atoms. The van der Waals surface area contributed by atoms with E-state index in [-0.39, 0.29) is 12.0 Å². The van der Waals surface area contributed by atoms with Gasteiger partial charge in [-0.25, -0.2) is 14.8 Å². The lowest BCUT2D eigenvalue weighted by atomic mass is 9.99. The third-order valence-corrected chi connectivity index (χ3v) is 4.45. The molecule has 2 aromatic carbocycles. The third-order valence-electron chi connectivity index (χ3n) is 4.45. The summed E-state index contributed by atoms with van der Waals surface area (Å²) in [6, 6.07) is 20.4. The topological polar surface area (TPSA) is 75.0 Å². The van der Waals surface area contributed by atoms with E-state index in [2.05, 4.69) is 33.3 Å². The van der Waals surface area contributed by atoms with Crippen molar-refractivity contribution in [1.29, 1.82) is 0 Å². The minimum absolute atomic E-state index is 0.271. The van der Waals surface area contributed by atoms with Crippen molar-refractivity contribution in [3.8, 4) is 0 Å². The number of nitrogens with zero attached hydrogens (tertiary/aromatic N) is 1.